The van der Waals surface area contributed by atoms with Crippen LogP contribution in [0, 0.1) is 5.92 Å². The van der Waals surface area contributed by atoms with Gasteiger partial charge in [-0.15, -0.1) is 0 Å². The van der Waals surface area contributed by atoms with Crippen LogP contribution in [0.25, 0.3) is 6.08 Å². The summed E-state index contributed by atoms with van der Waals surface area (Å²) in [5.41, 5.74) is 2.62. The van der Waals surface area contributed by atoms with Crippen LogP contribution in [0.15, 0.2) is 48.5 Å². The number of hydrogen-bond donors (Lipinski definition) is 0. The zero-order valence-electron chi connectivity index (χ0n) is 16.9. The number of methoxy groups -OCH3 is 1. The Morgan fingerprint density at radius 3 is 2.37 bits per heavy atom. The molecule has 0 aromatic heterocycles. The molecule has 0 atom stereocenters. The van der Waals surface area contributed by atoms with E-state index in [-0.39, 0.29) is 5.78 Å². The van der Waals surface area contributed by atoms with E-state index in [0.717, 1.165) is 23.4 Å². The van der Waals surface area contributed by atoms with Gasteiger partial charge in [-0.2, -0.15) is 0 Å². The molecule has 4 nitrogen and oxygen atoms in total. The second-order valence-corrected chi connectivity index (χ2v) is 7.08. The molecule has 0 fully saturated rings. The van der Waals surface area contributed by atoms with Crippen LogP contribution in [-0.2, 0) is 0 Å². The Morgan fingerprint density at radius 2 is 1.78 bits per heavy atom. The minimum absolute atomic E-state index is 0.0310. The summed E-state index contributed by atoms with van der Waals surface area (Å²) in [6.45, 7) is 4.99. The van der Waals surface area contributed by atoms with Crippen molar-refractivity contribution in [2.45, 2.75) is 20.3 Å². The molecule has 144 valence electrons. The van der Waals surface area contributed by atoms with Crippen molar-refractivity contribution in [2.24, 2.45) is 5.92 Å². The van der Waals surface area contributed by atoms with E-state index in [9.17, 15) is 4.79 Å². The molecule has 0 aliphatic heterocycles. The molecule has 27 heavy (non-hydrogen) atoms. The summed E-state index contributed by atoms with van der Waals surface area (Å²) in [7, 11) is 5.57. The number of anilines is 1. The number of hydrogen-bond acceptors (Lipinski definition) is 4. The highest BCUT2D eigenvalue weighted by atomic mass is 16.5. The van der Waals surface area contributed by atoms with E-state index in [1.807, 2.05) is 61.5 Å². The van der Waals surface area contributed by atoms with Crippen LogP contribution in [-0.4, -0.2) is 33.6 Å². The smallest absolute Gasteiger partial charge is 0.185 e. The summed E-state index contributed by atoms with van der Waals surface area (Å²) in [6, 6.07) is 13.2. The van der Waals surface area contributed by atoms with Crippen molar-refractivity contribution in [3.8, 4) is 11.5 Å². The van der Waals surface area contributed by atoms with Crippen LogP contribution in [0.5, 0.6) is 11.5 Å². The van der Waals surface area contributed by atoms with Gasteiger partial charge in [-0.25, -0.2) is 0 Å². The van der Waals surface area contributed by atoms with Crippen molar-refractivity contribution in [3.05, 3.63) is 59.7 Å². The highest BCUT2D eigenvalue weighted by molar-refractivity contribution is 6.07. The minimum atomic E-state index is -0.0310. The normalized spacial score (nSPS) is 11.0. The first-order chi connectivity index (χ1) is 12.9. The van der Waals surface area contributed by atoms with Gasteiger partial charge in [0.25, 0.3) is 0 Å². The maximum absolute atomic E-state index is 12.4. The fourth-order valence-corrected chi connectivity index (χ4v) is 2.50. The molecular weight excluding hydrogens is 338 g/mol. The van der Waals surface area contributed by atoms with E-state index >= 15 is 0 Å². The molecule has 0 spiro atoms. The predicted molar refractivity (Wildman–Crippen MR) is 112 cm³/mol. The molecular formula is C23H29NO3. The average molecular weight is 367 g/mol. The molecule has 2 aromatic carbocycles. The third kappa shape index (κ3) is 6.17. The number of carbonyl (C=O) groups is 1. The topological polar surface area (TPSA) is 38.8 Å². The standard InChI is InChI=1S/C23H29NO3/c1-17(2)14-15-27-22-13-7-18(16-23(22)26-5)6-12-21(25)19-8-10-20(11-9-19)24(3)4/h6-13,16-17H,14-15H2,1-5H3/b12-6+. The summed E-state index contributed by atoms with van der Waals surface area (Å²) in [6.07, 6.45) is 4.37. The van der Waals surface area contributed by atoms with E-state index in [4.69, 9.17) is 9.47 Å². The fourth-order valence-electron chi connectivity index (χ4n) is 2.50. The summed E-state index contributed by atoms with van der Waals surface area (Å²) in [5.74, 6) is 1.96. The molecule has 0 bridgehead atoms. The lowest BCUT2D eigenvalue weighted by Gasteiger charge is -2.12. The Morgan fingerprint density at radius 1 is 1.07 bits per heavy atom. The van der Waals surface area contributed by atoms with Crippen molar-refractivity contribution < 1.29 is 14.3 Å². The highest BCUT2D eigenvalue weighted by Crippen LogP contribution is 2.29. The molecule has 2 rings (SSSR count). The first-order valence-corrected chi connectivity index (χ1v) is 9.21. The van der Waals surface area contributed by atoms with Gasteiger partial charge in [-0.05, 0) is 60.4 Å². The number of ketones is 1. The van der Waals surface area contributed by atoms with Gasteiger partial charge in [-0.1, -0.05) is 26.0 Å². The van der Waals surface area contributed by atoms with Crippen LogP contribution in [0.4, 0.5) is 5.69 Å². The minimum Gasteiger partial charge on any atom is -0.493 e. The molecule has 0 N–H and O–H groups in total. The van der Waals surface area contributed by atoms with Gasteiger partial charge in [0.1, 0.15) is 0 Å². The van der Waals surface area contributed by atoms with E-state index in [1.165, 1.54) is 0 Å². The van der Waals surface area contributed by atoms with Gasteiger partial charge >= 0.3 is 0 Å². The lowest BCUT2D eigenvalue weighted by molar-refractivity contribution is 0.104. The van der Waals surface area contributed by atoms with Gasteiger partial charge in [0.05, 0.1) is 13.7 Å². The van der Waals surface area contributed by atoms with E-state index < -0.39 is 0 Å². The number of nitrogens with zero attached hydrogens (tertiary/aromatic N) is 1. The maximum Gasteiger partial charge on any atom is 0.185 e. The van der Waals surface area contributed by atoms with E-state index in [2.05, 4.69) is 13.8 Å². The summed E-state index contributed by atoms with van der Waals surface area (Å²) < 4.78 is 11.2. The summed E-state index contributed by atoms with van der Waals surface area (Å²) in [5, 5.41) is 0. The van der Waals surface area contributed by atoms with E-state index in [0.29, 0.717) is 23.8 Å². The lowest BCUT2D eigenvalue weighted by Crippen LogP contribution is -2.08. The molecule has 4 heteroatoms. The second kappa shape index (κ2) is 9.81. The molecule has 0 saturated carbocycles. The number of ether oxygens (including phenoxy) is 2. The molecule has 0 aliphatic carbocycles. The van der Waals surface area contributed by atoms with Gasteiger partial charge in [0, 0.05) is 25.3 Å². The number of allylic oxidation sites excluding steroid dienone is 1. The first-order valence-electron chi connectivity index (χ1n) is 9.21. The van der Waals surface area contributed by atoms with Crippen LogP contribution < -0.4 is 14.4 Å². The first kappa shape index (κ1) is 20.6. The quantitative estimate of drug-likeness (QED) is 0.457. The predicted octanol–water partition coefficient (Wildman–Crippen LogP) is 5.08. The molecule has 0 unspecified atom stereocenters. The molecule has 0 saturated heterocycles. The Balaban J connectivity index is 2.06. The Bertz CT molecular complexity index is 777. The largest absolute Gasteiger partial charge is 0.493 e. The summed E-state index contributed by atoms with van der Waals surface area (Å²) >= 11 is 0. The van der Waals surface area contributed by atoms with Crippen molar-refractivity contribution in [1.82, 2.24) is 0 Å². The summed E-state index contributed by atoms with van der Waals surface area (Å²) in [4.78, 5) is 14.4. The SMILES string of the molecule is COc1cc(/C=C/C(=O)c2ccc(N(C)C)cc2)ccc1OCCC(C)C. The molecule has 0 heterocycles. The van der Waals surface area contributed by atoms with Crippen molar-refractivity contribution in [3.63, 3.8) is 0 Å². The number of benzene rings is 2. The number of carbonyl (C=O) groups excluding carboxylic acids is 1. The monoisotopic (exact) mass is 367 g/mol. The highest BCUT2D eigenvalue weighted by Gasteiger charge is 2.07. The third-order valence-corrected chi connectivity index (χ3v) is 4.24. The maximum atomic E-state index is 12.4. The van der Waals surface area contributed by atoms with Gasteiger partial charge in [0.15, 0.2) is 17.3 Å². The third-order valence-electron chi connectivity index (χ3n) is 4.24. The van der Waals surface area contributed by atoms with Crippen molar-refractivity contribution >= 4 is 17.5 Å². The average Bonchev–Trinajstić information content (AvgIpc) is 2.66. The van der Waals surface area contributed by atoms with Crippen molar-refractivity contribution in [2.75, 3.05) is 32.7 Å². The van der Waals surface area contributed by atoms with Crippen molar-refractivity contribution in [1.29, 1.82) is 0 Å². The zero-order chi connectivity index (χ0) is 19.8. The Labute approximate surface area is 162 Å². The fraction of sp³-hybridized carbons (Fsp3) is 0.348. The van der Waals surface area contributed by atoms with Crippen LogP contribution >= 0.6 is 0 Å². The molecule has 0 amide bonds. The second-order valence-electron chi connectivity index (χ2n) is 7.08. The van der Waals surface area contributed by atoms with Crippen LogP contribution in [0.2, 0.25) is 0 Å². The molecule has 2 aromatic rings. The van der Waals surface area contributed by atoms with Crippen LogP contribution in [0.1, 0.15) is 36.2 Å². The number of rotatable bonds is 9. The van der Waals surface area contributed by atoms with Gasteiger partial charge < -0.3 is 14.4 Å². The Hall–Kier alpha value is -2.75. The zero-order valence-corrected chi connectivity index (χ0v) is 16.9. The molecule has 0 radical (unpaired) electrons. The van der Waals surface area contributed by atoms with Gasteiger partial charge in [-0.3, -0.25) is 4.79 Å². The van der Waals surface area contributed by atoms with Gasteiger partial charge in [0.2, 0.25) is 0 Å². The molecule has 0 aliphatic rings. The van der Waals surface area contributed by atoms with E-state index in [1.54, 1.807) is 19.3 Å². The Kier molecular flexibility index (Phi) is 7.47. The lowest BCUT2D eigenvalue weighted by atomic mass is 10.1. The van der Waals surface area contributed by atoms with Crippen LogP contribution in [0.3, 0.4) is 0 Å².